The predicted octanol–water partition coefficient (Wildman–Crippen LogP) is 1.93. The van der Waals surface area contributed by atoms with Crippen LogP contribution in [0.1, 0.15) is 10.4 Å². The number of esters is 1. The molecule has 0 saturated carbocycles. The van der Waals surface area contributed by atoms with Crippen molar-refractivity contribution in [2.45, 2.75) is 0 Å². The number of carbonyl (C=O) groups is 2. The van der Waals surface area contributed by atoms with Crippen LogP contribution in [0.3, 0.4) is 0 Å². The summed E-state index contributed by atoms with van der Waals surface area (Å²) in [5, 5.41) is 2.81. The Morgan fingerprint density at radius 1 is 1.20 bits per heavy atom. The fourth-order valence-electron chi connectivity index (χ4n) is 1.35. The molecule has 0 radical (unpaired) electrons. The number of nitrogens with zero attached hydrogens (tertiary/aromatic N) is 2. The largest absolute Gasteiger partial charge is 0.452 e. The minimum absolute atomic E-state index is 0.149. The summed E-state index contributed by atoms with van der Waals surface area (Å²) in [6.07, 6.45) is 2.97. The number of rotatable bonds is 4. The second kappa shape index (κ2) is 6.63. The highest BCUT2D eigenvalue weighted by atomic mass is 35.5. The molecule has 6 nitrogen and oxygen atoms in total. The Morgan fingerprint density at radius 3 is 2.65 bits per heavy atom. The summed E-state index contributed by atoms with van der Waals surface area (Å²) in [5.74, 6) is -1.00. The molecular formula is C13H10ClN3O3. The van der Waals surface area contributed by atoms with E-state index in [4.69, 9.17) is 16.3 Å². The van der Waals surface area contributed by atoms with Crippen molar-refractivity contribution in [3.63, 3.8) is 0 Å². The van der Waals surface area contributed by atoms with E-state index in [1.54, 1.807) is 24.3 Å². The molecule has 0 saturated heterocycles. The van der Waals surface area contributed by atoms with Gasteiger partial charge in [-0.25, -0.2) is 14.8 Å². The molecule has 0 atom stereocenters. The SMILES string of the molecule is O=C(COC(=O)c1cccc(Cl)c1)Nc1ncccn1. The molecular weight excluding hydrogens is 282 g/mol. The van der Waals surface area contributed by atoms with E-state index in [1.807, 2.05) is 0 Å². The highest BCUT2D eigenvalue weighted by Gasteiger charge is 2.11. The smallest absolute Gasteiger partial charge is 0.338 e. The van der Waals surface area contributed by atoms with Crippen LogP contribution in [0, 0.1) is 0 Å². The first-order valence-corrected chi connectivity index (χ1v) is 6.02. The number of benzene rings is 1. The molecule has 7 heteroatoms. The predicted molar refractivity (Wildman–Crippen MR) is 72.4 cm³/mol. The molecule has 1 heterocycles. The number of aromatic nitrogens is 2. The fraction of sp³-hybridized carbons (Fsp3) is 0.0769. The zero-order valence-corrected chi connectivity index (χ0v) is 11.0. The second-order valence-electron chi connectivity index (χ2n) is 3.71. The molecule has 1 amide bonds. The van der Waals surface area contributed by atoms with Crippen molar-refractivity contribution >= 4 is 29.4 Å². The summed E-state index contributed by atoms with van der Waals surface area (Å²) in [7, 11) is 0. The number of halogens is 1. The maximum atomic E-state index is 11.7. The third-order valence-electron chi connectivity index (χ3n) is 2.21. The number of hydrogen-bond donors (Lipinski definition) is 1. The van der Waals surface area contributed by atoms with Gasteiger partial charge in [0.05, 0.1) is 5.56 Å². The molecule has 0 spiro atoms. The van der Waals surface area contributed by atoms with Crippen LogP contribution >= 0.6 is 11.6 Å². The molecule has 0 aliphatic heterocycles. The molecule has 0 unspecified atom stereocenters. The number of hydrogen-bond acceptors (Lipinski definition) is 5. The molecule has 2 aromatic rings. The van der Waals surface area contributed by atoms with E-state index in [0.717, 1.165) is 0 Å². The lowest BCUT2D eigenvalue weighted by Gasteiger charge is -2.05. The van der Waals surface area contributed by atoms with E-state index in [-0.39, 0.29) is 11.5 Å². The van der Waals surface area contributed by atoms with Gasteiger partial charge in [0, 0.05) is 17.4 Å². The lowest BCUT2D eigenvalue weighted by atomic mass is 10.2. The van der Waals surface area contributed by atoms with E-state index < -0.39 is 18.5 Å². The Labute approximate surface area is 119 Å². The van der Waals surface area contributed by atoms with Crippen molar-refractivity contribution < 1.29 is 14.3 Å². The van der Waals surface area contributed by atoms with Crippen LogP contribution in [0.25, 0.3) is 0 Å². The van der Waals surface area contributed by atoms with Gasteiger partial charge in [-0.15, -0.1) is 0 Å². The van der Waals surface area contributed by atoms with Gasteiger partial charge in [-0.05, 0) is 24.3 Å². The van der Waals surface area contributed by atoms with Gasteiger partial charge in [0.2, 0.25) is 5.95 Å². The molecule has 1 N–H and O–H groups in total. The second-order valence-corrected chi connectivity index (χ2v) is 4.14. The zero-order valence-electron chi connectivity index (χ0n) is 10.2. The summed E-state index contributed by atoms with van der Waals surface area (Å²) in [4.78, 5) is 30.8. The molecule has 2 rings (SSSR count). The van der Waals surface area contributed by atoms with Gasteiger partial charge in [0.1, 0.15) is 0 Å². The normalized spacial score (nSPS) is 9.85. The fourth-order valence-corrected chi connectivity index (χ4v) is 1.54. The van der Waals surface area contributed by atoms with E-state index >= 15 is 0 Å². The van der Waals surface area contributed by atoms with Crippen molar-refractivity contribution in [3.8, 4) is 0 Å². The van der Waals surface area contributed by atoms with Crippen LogP contribution in [0.4, 0.5) is 5.95 Å². The first-order valence-electron chi connectivity index (χ1n) is 5.65. The Morgan fingerprint density at radius 2 is 1.95 bits per heavy atom. The third kappa shape index (κ3) is 4.03. The van der Waals surface area contributed by atoms with Gasteiger partial charge in [0.25, 0.3) is 5.91 Å². The summed E-state index contributed by atoms with van der Waals surface area (Å²) in [5.41, 5.74) is 0.279. The number of nitrogens with one attached hydrogen (secondary N) is 1. The zero-order chi connectivity index (χ0) is 14.4. The van der Waals surface area contributed by atoms with Crippen LogP contribution in [-0.4, -0.2) is 28.5 Å². The van der Waals surface area contributed by atoms with Crippen LogP contribution < -0.4 is 5.32 Å². The molecule has 0 aliphatic rings. The van der Waals surface area contributed by atoms with Gasteiger partial charge in [0.15, 0.2) is 6.61 Å². The quantitative estimate of drug-likeness (QED) is 0.871. The Kier molecular flexibility index (Phi) is 4.62. The van der Waals surface area contributed by atoms with Crippen LogP contribution in [0.2, 0.25) is 5.02 Å². The average Bonchev–Trinajstić information content (AvgIpc) is 2.46. The minimum atomic E-state index is -0.628. The average molecular weight is 292 g/mol. The van der Waals surface area contributed by atoms with Crippen molar-refractivity contribution in [1.82, 2.24) is 9.97 Å². The number of ether oxygens (including phenoxy) is 1. The maximum Gasteiger partial charge on any atom is 0.338 e. The van der Waals surface area contributed by atoms with Crippen molar-refractivity contribution in [2.24, 2.45) is 0 Å². The van der Waals surface area contributed by atoms with Gasteiger partial charge in [-0.3, -0.25) is 10.1 Å². The van der Waals surface area contributed by atoms with Crippen LogP contribution in [-0.2, 0) is 9.53 Å². The van der Waals surface area contributed by atoms with E-state index in [0.29, 0.717) is 5.02 Å². The van der Waals surface area contributed by atoms with E-state index in [1.165, 1.54) is 18.5 Å². The summed E-state index contributed by atoms with van der Waals surface area (Å²) >= 11 is 5.76. The first kappa shape index (κ1) is 14.0. The monoisotopic (exact) mass is 291 g/mol. The van der Waals surface area contributed by atoms with Gasteiger partial charge < -0.3 is 4.74 Å². The molecule has 20 heavy (non-hydrogen) atoms. The molecule has 1 aromatic heterocycles. The molecule has 1 aromatic carbocycles. The van der Waals surface area contributed by atoms with Gasteiger partial charge in [-0.2, -0.15) is 0 Å². The van der Waals surface area contributed by atoms with E-state index in [9.17, 15) is 9.59 Å². The van der Waals surface area contributed by atoms with Crippen LogP contribution in [0.5, 0.6) is 0 Å². The Hall–Kier alpha value is -2.47. The molecule has 102 valence electrons. The van der Waals surface area contributed by atoms with Crippen LogP contribution in [0.15, 0.2) is 42.7 Å². The highest BCUT2D eigenvalue weighted by Crippen LogP contribution is 2.11. The lowest BCUT2D eigenvalue weighted by molar-refractivity contribution is -0.119. The van der Waals surface area contributed by atoms with Crippen molar-refractivity contribution in [3.05, 3.63) is 53.3 Å². The molecule has 0 aliphatic carbocycles. The topological polar surface area (TPSA) is 81.2 Å². The number of amides is 1. The number of anilines is 1. The summed E-state index contributed by atoms with van der Waals surface area (Å²) in [6.45, 7) is -0.427. The summed E-state index contributed by atoms with van der Waals surface area (Å²) in [6, 6.07) is 7.89. The Bertz CT molecular complexity index is 619. The Balaban J connectivity index is 1.86. The highest BCUT2D eigenvalue weighted by molar-refractivity contribution is 6.30. The minimum Gasteiger partial charge on any atom is -0.452 e. The van der Waals surface area contributed by atoms with E-state index in [2.05, 4.69) is 15.3 Å². The lowest BCUT2D eigenvalue weighted by Crippen LogP contribution is -2.21. The third-order valence-corrected chi connectivity index (χ3v) is 2.45. The maximum absolute atomic E-state index is 11.7. The standard InChI is InChI=1S/C13H10ClN3O3/c14-10-4-1-3-9(7-10)12(19)20-8-11(18)17-13-15-5-2-6-16-13/h1-7H,8H2,(H,15,16,17,18). The first-order chi connectivity index (χ1) is 9.65. The number of carbonyl (C=O) groups excluding carboxylic acids is 2. The molecule has 0 fully saturated rings. The molecule has 0 bridgehead atoms. The van der Waals surface area contributed by atoms with Gasteiger partial charge >= 0.3 is 5.97 Å². The summed E-state index contributed by atoms with van der Waals surface area (Å²) < 4.78 is 4.85. The van der Waals surface area contributed by atoms with Crippen molar-refractivity contribution in [2.75, 3.05) is 11.9 Å². The van der Waals surface area contributed by atoms with Gasteiger partial charge in [-0.1, -0.05) is 17.7 Å². The van der Waals surface area contributed by atoms with Crippen molar-refractivity contribution in [1.29, 1.82) is 0 Å².